The highest BCUT2D eigenvalue weighted by Crippen LogP contribution is 2.29. The minimum Gasteiger partial charge on any atom is -0.380 e. The van der Waals surface area contributed by atoms with Crippen LogP contribution >= 0.6 is 12.6 Å². The van der Waals surface area contributed by atoms with Crippen molar-refractivity contribution in [1.82, 2.24) is 4.98 Å². The van der Waals surface area contributed by atoms with E-state index in [1.807, 2.05) is 24.4 Å². The van der Waals surface area contributed by atoms with Crippen LogP contribution in [0.25, 0.3) is 0 Å². The van der Waals surface area contributed by atoms with E-state index in [1.54, 1.807) is 0 Å². The zero-order valence-corrected chi connectivity index (χ0v) is 14.0. The van der Waals surface area contributed by atoms with E-state index < -0.39 is 0 Å². The van der Waals surface area contributed by atoms with Gasteiger partial charge in [0.2, 0.25) is 0 Å². The molecule has 0 amide bonds. The van der Waals surface area contributed by atoms with Gasteiger partial charge < -0.3 is 16.0 Å². The van der Waals surface area contributed by atoms with Crippen molar-refractivity contribution in [3.63, 3.8) is 0 Å². The fourth-order valence-electron chi connectivity index (χ4n) is 2.26. The number of nitrogens with one attached hydrogen (secondary N) is 1. The first-order valence-electron chi connectivity index (χ1n) is 7.46. The summed E-state index contributed by atoms with van der Waals surface area (Å²) in [6, 6.07) is 14.6. The molecule has 0 radical (unpaired) electrons. The van der Waals surface area contributed by atoms with Crippen molar-refractivity contribution in [2.75, 3.05) is 29.6 Å². The molecule has 0 aliphatic rings. The molecule has 0 saturated carbocycles. The molecule has 5 heteroatoms. The summed E-state index contributed by atoms with van der Waals surface area (Å²) in [7, 11) is 2.06. The average molecular weight is 316 g/mol. The number of hydrogen-bond donors (Lipinski definition) is 3. The van der Waals surface area contributed by atoms with E-state index in [0.29, 0.717) is 12.3 Å². The summed E-state index contributed by atoms with van der Waals surface area (Å²) in [5, 5.41) is 3.37. The normalized spacial score (nSPS) is 13.5. The van der Waals surface area contributed by atoms with E-state index in [0.717, 1.165) is 11.5 Å². The molecule has 2 rings (SSSR count). The van der Waals surface area contributed by atoms with Gasteiger partial charge in [-0.1, -0.05) is 30.3 Å². The number of hydrogen-bond acceptors (Lipinski definition) is 5. The lowest BCUT2D eigenvalue weighted by atomic mass is 10.1. The summed E-state index contributed by atoms with van der Waals surface area (Å²) >= 11 is 4.22. The number of aromatic nitrogens is 1. The van der Waals surface area contributed by atoms with Gasteiger partial charge in [0.25, 0.3) is 0 Å². The van der Waals surface area contributed by atoms with Crippen LogP contribution in [-0.4, -0.2) is 30.4 Å². The SMILES string of the molecule is CC(c1ccccc1)N(C)c1ncccc1NCC(N)CS. The minimum atomic E-state index is 0.0215. The second-order valence-electron chi connectivity index (χ2n) is 5.40. The van der Waals surface area contributed by atoms with Crippen LogP contribution in [0.3, 0.4) is 0 Å². The highest BCUT2D eigenvalue weighted by atomic mass is 32.1. The van der Waals surface area contributed by atoms with Gasteiger partial charge in [0.05, 0.1) is 11.7 Å². The first kappa shape index (κ1) is 16.6. The molecule has 1 aromatic heterocycles. The summed E-state index contributed by atoms with van der Waals surface area (Å²) in [6.45, 7) is 2.85. The number of anilines is 2. The summed E-state index contributed by atoms with van der Waals surface area (Å²) in [6.07, 6.45) is 1.81. The molecule has 1 heterocycles. The summed E-state index contributed by atoms with van der Waals surface area (Å²) in [5.41, 5.74) is 8.17. The predicted molar refractivity (Wildman–Crippen MR) is 97.8 cm³/mol. The molecule has 0 aliphatic heterocycles. The number of nitrogens with zero attached hydrogens (tertiary/aromatic N) is 2. The molecule has 2 atom stereocenters. The van der Waals surface area contributed by atoms with Crippen molar-refractivity contribution in [3.05, 3.63) is 54.2 Å². The zero-order valence-electron chi connectivity index (χ0n) is 13.1. The van der Waals surface area contributed by atoms with Crippen molar-refractivity contribution in [3.8, 4) is 0 Å². The smallest absolute Gasteiger partial charge is 0.152 e. The van der Waals surface area contributed by atoms with Crippen molar-refractivity contribution >= 4 is 24.1 Å². The molecule has 0 bridgehead atoms. The minimum absolute atomic E-state index is 0.0215. The lowest BCUT2D eigenvalue weighted by Gasteiger charge is -2.28. The first-order valence-corrected chi connectivity index (χ1v) is 8.09. The molecule has 1 aromatic carbocycles. The maximum absolute atomic E-state index is 5.92. The Hall–Kier alpha value is -1.72. The lowest BCUT2D eigenvalue weighted by molar-refractivity contribution is 0.727. The van der Waals surface area contributed by atoms with Gasteiger partial charge in [-0.05, 0) is 24.6 Å². The van der Waals surface area contributed by atoms with Gasteiger partial charge in [-0.2, -0.15) is 12.6 Å². The lowest BCUT2D eigenvalue weighted by Crippen LogP contribution is -2.31. The van der Waals surface area contributed by atoms with Gasteiger partial charge in [-0.15, -0.1) is 0 Å². The molecular formula is C17H24N4S. The second-order valence-corrected chi connectivity index (χ2v) is 5.76. The number of rotatable bonds is 7. The Morgan fingerprint density at radius 2 is 1.95 bits per heavy atom. The van der Waals surface area contributed by atoms with Crippen LogP contribution in [0.1, 0.15) is 18.5 Å². The van der Waals surface area contributed by atoms with Crippen LogP contribution in [-0.2, 0) is 0 Å². The molecule has 2 aromatic rings. The van der Waals surface area contributed by atoms with E-state index >= 15 is 0 Å². The Balaban J connectivity index is 2.17. The Kier molecular flexibility index (Phi) is 6.10. The Bertz CT molecular complexity index is 576. The van der Waals surface area contributed by atoms with Gasteiger partial charge in [0.1, 0.15) is 0 Å². The van der Waals surface area contributed by atoms with Crippen molar-refractivity contribution in [2.24, 2.45) is 5.73 Å². The molecule has 0 saturated heterocycles. The molecule has 2 unspecified atom stereocenters. The largest absolute Gasteiger partial charge is 0.380 e. The summed E-state index contributed by atoms with van der Waals surface area (Å²) in [4.78, 5) is 6.70. The van der Waals surface area contributed by atoms with Crippen LogP contribution in [0.4, 0.5) is 11.5 Å². The van der Waals surface area contributed by atoms with Crippen LogP contribution in [0, 0.1) is 0 Å². The fourth-order valence-corrected chi connectivity index (χ4v) is 2.39. The van der Waals surface area contributed by atoms with Crippen molar-refractivity contribution in [2.45, 2.75) is 19.0 Å². The molecule has 0 aliphatic carbocycles. The Labute approximate surface area is 138 Å². The second kappa shape index (κ2) is 8.06. The maximum atomic E-state index is 5.92. The molecule has 0 spiro atoms. The van der Waals surface area contributed by atoms with Gasteiger partial charge in [-0.3, -0.25) is 0 Å². The molecular weight excluding hydrogens is 292 g/mol. The van der Waals surface area contributed by atoms with Gasteiger partial charge in [0, 0.05) is 31.6 Å². The number of thiol groups is 1. The van der Waals surface area contributed by atoms with E-state index in [2.05, 4.69) is 66.1 Å². The Morgan fingerprint density at radius 3 is 2.64 bits per heavy atom. The topological polar surface area (TPSA) is 54.2 Å². The van der Waals surface area contributed by atoms with Crippen molar-refractivity contribution < 1.29 is 0 Å². The van der Waals surface area contributed by atoms with E-state index in [4.69, 9.17) is 5.73 Å². The molecule has 3 N–H and O–H groups in total. The predicted octanol–water partition coefficient (Wildman–Crippen LogP) is 2.95. The third-order valence-corrected chi connectivity index (χ3v) is 4.24. The zero-order chi connectivity index (χ0) is 15.9. The van der Waals surface area contributed by atoms with Crippen molar-refractivity contribution in [1.29, 1.82) is 0 Å². The highest BCUT2D eigenvalue weighted by molar-refractivity contribution is 7.80. The summed E-state index contributed by atoms with van der Waals surface area (Å²) < 4.78 is 0. The van der Waals surface area contributed by atoms with Crippen LogP contribution in [0.2, 0.25) is 0 Å². The average Bonchev–Trinajstić information content (AvgIpc) is 2.59. The number of pyridine rings is 1. The fraction of sp³-hybridized carbons (Fsp3) is 0.353. The third-order valence-electron chi connectivity index (χ3n) is 3.77. The van der Waals surface area contributed by atoms with E-state index in [1.165, 1.54) is 5.56 Å². The molecule has 4 nitrogen and oxygen atoms in total. The number of nitrogens with two attached hydrogens (primary N) is 1. The highest BCUT2D eigenvalue weighted by Gasteiger charge is 2.16. The van der Waals surface area contributed by atoms with Gasteiger partial charge in [-0.25, -0.2) is 4.98 Å². The monoisotopic (exact) mass is 316 g/mol. The van der Waals surface area contributed by atoms with Gasteiger partial charge >= 0.3 is 0 Å². The quantitative estimate of drug-likeness (QED) is 0.688. The standard InChI is InChI=1S/C17H24N4S/c1-13(14-7-4-3-5-8-14)21(2)17-16(9-6-10-19-17)20-11-15(18)12-22/h3-10,13,15,20,22H,11-12,18H2,1-2H3. The number of benzene rings is 1. The van der Waals surface area contributed by atoms with Crippen LogP contribution in [0.5, 0.6) is 0 Å². The maximum Gasteiger partial charge on any atom is 0.152 e. The first-order chi connectivity index (χ1) is 10.6. The Morgan fingerprint density at radius 1 is 1.23 bits per heavy atom. The summed E-state index contributed by atoms with van der Waals surface area (Å²) in [5.74, 6) is 1.57. The van der Waals surface area contributed by atoms with E-state index in [-0.39, 0.29) is 12.1 Å². The van der Waals surface area contributed by atoms with Gasteiger partial charge in [0.15, 0.2) is 5.82 Å². The molecule has 22 heavy (non-hydrogen) atoms. The molecule has 0 fully saturated rings. The van der Waals surface area contributed by atoms with Crippen LogP contribution in [0.15, 0.2) is 48.7 Å². The third kappa shape index (κ3) is 4.15. The van der Waals surface area contributed by atoms with E-state index in [9.17, 15) is 0 Å². The van der Waals surface area contributed by atoms with Crippen LogP contribution < -0.4 is 16.0 Å². The molecule has 118 valence electrons.